The molecule has 3 unspecified atom stereocenters. The molecule has 4 rings (SSSR count). The molecule has 1 aliphatic heterocycles. The van der Waals surface area contributed by atoms with Crippen LogP contribution in [0.2, 0.25) is 10.0 Å². The van der Waals surface area contributed by atoms with Gasteiger partial charge in [0.15, 0.2) is 0 Å². The highest BCUT2D eigenvalue weighted by molar-refractivity contribution is 6.42. The molecule has 3 atom stereocenters. The fourth-order valence-corrected chi connectivity index (χ4v) is 6.55. The van der Waals surface area contributed by atoms with E-state index in [0.29, 0.717) is 16.5 Å². The highest BCUT2D eigenvalue weighted by Gasteiger charge is 2.51. The molecule has 0 aromatic heterocycles. The van der Waals surface area contributed by atoms with Gasteiger partial charge in [-0.25, -0.2) is 4.79 Å². The quantitative estimate of drug-likeness (QED) is 0.321. The van der Waals surface area contributed by atoms with Crippen LogP contribution in [0.1, 0.15) is 56.1 Å². The van der Waals surface area contributed by atoms with Crippen molar-refractivity contribution < 1.29 is 9.59 Å². The number of hydrogen-bond acceptors (Lipinski definition) is 3. The van der Waals surface area contributed by atoms with Gasteiger partial charge in [0.2, 0.25) is 5.91 Å². The number of nitrogens with zero attached hydrogens (tertiary/aromatic N) is 2. The Labute approximate surface area is 254 Å². The lowest BCUT2D eigenvalue weighted by molar-refractivity contribution is -0.129. The van der Waals surface area contributed by atoms with Gasteiger partial charge in [-0.05, 0) is 61.2 Å². The lowest BCUT2D eigenvalue weighted by atomic mass is 9.67. The Morgan fingerprint density at radius 2 is 1.71 bits per heavy atom. The minimum atomic E-state index is -1.01. The SMILES string of the molecule is CCCC(C1=CC(Cc2ccccc2)(NC(=O)N(C)C)C=CC1(C(=O)NC)N1CCCCC1)c1ccc(Cl)c(Cl)c1. The molecule has 2 N–H and O–H groups in total. The molecule has 0 spiro atoms. The van der Waals surface area contributed by atoms with Crippen LogP contribution in [-0.2, 0) is 11.2 Å². The summed E-state index contributed by atoms with van der Waals surface area (Å²) in [5.74, 6) is -0.208. The van der Waals surface area contributed by atoms with Crippen LogP contribution >= 0.6 is 23.2 Å². The van der Waals surface area contributed by atoms with E-state index in [9.17, 15) is 9.59 Å². The maximum atomic E-state index is 14.2. The summed E-state index contributed by atoms with van der Waals surface area (Å²) in [7, 11) is 5.18. The first-order valence-electron chi connectivity index (χ1n) is 14.5. The van der Waals surface area contributed by atoms with Crippen LogP contribution in [0, 0.1) is 0 Å². The number of likely N-dealkylation sites (tertiary alicyclic amines) is 1. The summed E-state index contributed by atoms with van der Waals surface area (Å²) < 4.78 is 0. The molecular formula is C33H42Cl2N4O2. The molecule has 220 valence electrons. The normalized spacial score (nSPS) is 23.4. The van der Waals surface area contributed by atoms with E-state index < -0.39 is 11.1 Å². The maximum Gasteiger partial charge on any atom is 0.317 e. The van der Waals surface area contributed by atoms with Crippen molar-refractivity contribution >= 4 is 35.1 Å². The third kappa shape index (κ3) is 6.66. The van der Waals surface area contributed by atoms with Crippen LogP contribution in [0.3, 0.4) is 0 Å². The topological polar surface area (TPSA) is 64.7 Å². The third-order valence-electron chi connectivity index (χ3n) is 8.29. The second kappa shape index (κ2) is 13.5. The molecule has 2 aromatic carbocycles. The number of benzene rings is 2. The highest BCUT2D eigenvalue weighted by atomic mass is 35.5. The number of urea groups is 1. The number of nitrogens with one attached hydrogen (secondary N) is 2. The molecule has 2 aromatic rings. The van der Waals surface area contributed by atoms with Crippen LogP contribution in [0.4, 0.5) is 4.79 Å². The average Bonchev–Trinajstić information content (AvgIpc) is 2.98. The molecular weight excluding hydrogens is 555 g/mol. The Morgan fingerprint density at radius 1 is 1.00 bits per heavy atom. The summed E-state index contributed by atoms with van der Waals surface area (Å²) in [4.78, 5) is 31.3. The monoisotopic (exact) mass is 596 g/mol. The summed E-state index contributed by atoms with van der Waals surface area (Å²) in [5, 5.41) is 7.27. The number of likely N-dealkylation sites (N-methyl/N-ethyl adjacent to an activating group) is 1. The largest absolute Gasteiger partial charge is 0.357 e. The van der Waals surface area contributed by atoms with Gasteiger partial charge in [-0.3, -0.25) is 9.69 Å². The van der Waals surface area contributed by atoms with Gasteiger partial charge >= 0.3 is 6.03 Å². The number of carbonyl (C=O) groups excluding carboxylic acids is 2. The molecule has 41 heavy (non-hydrogen) atoms. The zero-order valence-corrected chi connectivity index (χ0v) is 26.1. The predicted octanol–water partition coefficient (Wildman–Crippen LogP) is 6.60. The zero-order valence-electron chi connectivity index (χ0n) is 24.6. The van der Waals surface area contributed by atoms with Crippen molar-refractivity contribution in [2.75, 3.05) is 34.2 Å². The molecule has 1 fully saturated rings. The fraction of sp³-hybridized carbons (Fsp3) is 0.455. The van der Waals surface area contributed by atoms with E-state index in [1.165, 1.54) is 0 Å². The molecule has 2 aliphatic rings. The number of piperidine rings is 1. The summed E-state index contributed by atoms with van der Waals surface area (Å²) in [5.41, 5.74) is 1.17. The molecule has 6 nitrogen and oxygen atoms in total. The van der Waals surface area contributed by atoms with Crippen LogP contribution in [0.5, 0.6) is 0 Å². The van der Waals surface area contributed by atoms with Crippen molar-refractivity contribution in [3.8, 4) is 0 Å². The Kier molecular flexibility index (Phi) is 10.2. The molecule has 3 amide bonds. The number of rotatable bonds is 9. The van der Waals surface area contributed by atoms with Gasteiger partial charge in [-0.1, -0.05) is 97.6 Å². The number of hydrogen-bond donors (Lipinski definition) is 2. The number of halogens is 2. The summed E-state index contributed by atoms with van der Waals surface area (Å²) in [6.45, 7) is 3.77. The summed E-state index contributed by atoms with van der Waals surface area (Å²) in [6, 6.07) is 15.7. The predicted molar refractivity (Wildman–Crippen MR) is 169 cm³/mol. The van der Waals surface area contributed by atoms with E-state index in [0.717, 1.165) is 61.9 Å². The summed E-state index contributed by atoms with van der Waals surface area (Å²) >= 11 is 12.9. The van der Waals surface area contributed by atoms with Crippen molar-refractivity contribution in [1.82, 2.24) is 20.4 Å². The zero-order chi connectivity index (χ0) is 29.6. The number of carbonyl (C=O) groups is 2. The maximum absolute atomic E-state index is 14.2. The van der Waals surface area contributed by atoms with Crippen molar-refractivity contribution in [3.05, 3.63) is 93.5 Å². The second-order valence-electron chi connectivity index (χ2n) is 11.4. The van der Waals surface area contributed by atoms with E-state index in [4.69, 9.17) is 23.2 Å². The molecule has 1 heterocycles. The van der Waals surface area contributed by atoms with Gasteiger partial charge < -0.3 is 15.5 Å². The van der Waals surface area contributed by atoms with E-state index in [-0.39, 0.29) is 17.9 Å². The first-order chi connectivity index (χ1) is 19.7. The average molecular weight is 598 g/mol. The van der Waals surface area contributed by atoms with E-state index in [2.05, 4.69) is 40.7 Å². The molecule has 1 saturated heterocycles. The molecule has 0 bridgehead atoms. The minimum Gasteiger partial charge on any atom is -0.357 e. The lowest BCUT2D eigenvalue weighted by Crippen LogP contribution is -2.63. The molecule has 0 radical (unpaired) electrons. The van der Waals surface area contributed by atoms with Gasteiger partial charge in [0.25, 0.3) is 0 Å². The van der Waals surface area contributed by atoms with Gasteiger partial charge in [0, 0.05) is 33.5 Å². The van der Waals surface area contributed by atoms with Crippen LogP contribution in [-0.4, -0.2) is 67.0 Å². The molecule has 0 saturated carbocycles. The van der Waals surface area contributed by atoms with Gasteiger partial charge in [0.05, 0.1) is 15.6 Å². The Balaban J connectivity index is 1.99. The Hall–Kier alpha value is -2.80. The molecule has 1 aliphatic carbocycles. The van der Waals surface area contributed by atoms with Crippen molar-refractivity contribution in [1.29, 1.82) is 0 Å². The van der Waals surface area contributed by atoms with Gasteiger partial charge in [0.1, 0.15) is 5.54 Å². The Bertz CT molecular complexity index is 1290. The van der Waals surface area contributed by atoms with Gasteiger partial charge in [-0.2, -0.15) is 0 Å². The first kappa shape index (κ1) is 31.1. The first-order valence-corrected chi connectivity index (χ1v) is 15.3. The van der Waals surface area contributed by atoms with Crippen molar-refractivity contribution in [2.24, 2.45) is 0 Å². The standard InChI is InChI=1S/C33H42Cl2N4O2/c1-5-12-26(25-15-16-28(34)29(35)21-25)27-23-32(37-31(41)38(3)4,22-24-13-8-6-9-14-24)17-18-33(27,30(40)36-2)39-19-10-7-11-20-39/h6,8-9,13-18,21,23,26H,5,7,10-12,19-20,22H2,1-4H3,(H,36,40)(H,37,41). The smallest absolute Gasteiger partial charge is 0.317 e. The second-order valence-corrected chi connectivity index (χ2v) is 12.2. The highest BCUT2D eigenvalue weighted by Crippen LogP contribution is 2.46. The van der Waals surface area contributed by atoms with E-state index >= 15 is 0 Å². The van der Waals surface area contributed by atoms with Crippen LogP contribution < -0.4 is 10.6 Å². The Morgan fingerprint density at radius 3 is 2.32 bits per heavy atom. The fourth-order valence-electron chi connectivity index (χ4n) is 6.24. The van der Waals surface area contributed by atoms with E-state index in [1.54, 1.807) is 26.0 Å². The van der Waals surface area contributed by atoms with Crippen LogP contribution in [0.15, 0.2) is 72.3 Å². The van der Waals surface area contributed by atoms with E-state index in [1.807, 2.05) is 48.6 Å². The minimum absolute atomic E-state index is 0.0738. The van der Waals surface area contributed by atoms with Crippen molar-refractivity contribution in [3.63, 3.8) is 0 Å². The lowest BCUT2D eigenvalue weighted by Gasteiger charge is -2.50. The third-order valence-corrected chi connectivity index (χ3v) is 9.03. The summed E-state index contributed by atoms with van der Waals surface area (Å²) in [6.07, 6.45) is 11.7. The van der Waals surface area contributed by atoms with Crippen molar-refractivity contribution in [2.45, 2.75) is 62.4 Å². The number of amides is 3. The molecule has 8 heteroatoms. The van der Waals surface area contributed by atoms with Gasteiger partial charge in [-0.15, -0.1) is 0 Å². The van der Waals surface area contributed by atoms with Crippen LogP contribution in [0.25, 0.3) is 0 Å².